The zero-order chi connectivity index (χ0) is 20.5. The molecule has 2 N–H and O–H groups in total. The molecule has 0 aliphatic carbocycles. The van der Waals surface area contributed by atoms with Crippen molar-refractivity contribution in [3.63, 3.8) is 0 Å². The number of benzene rings is 2. The van der Waals surface area contributed by atoms with E-state index in [0.29, 0.717) is 22.6 Å². The van der Waals surface area contributed by atoms with E-state index in [1.807, 2.05) is 0 Å². The van der Waals surface area contributed by atoms with Gasteiger partial charge in [-0.05, 0) is 51.3 Å². The monoisotopic (exact) mass is 453 g/mol. The zero-order valence-corrected chi connectivity index (χ0v) is 16.8. The van der Waals surface area contributed by atoms with Crippen LogP contribution in [0.4, 0.5) is 8.78 Å². The van der Waals surface area contributed by atoms with Crippen molar-refractivity contribution < 1.29 is 23.0 Å². The maximum absolute atomic E-state index is 13.8. The number of halogens is 3. The van der Waals surface area contributed by atoms with Gasteiger partial charge in [-0.15, -0.1) is 0 Å². The Bertz CT molecular complexity index is 954. The maximum Gasteiger partial charge on any atom is 0.266 e. The molecular formula is C19H18BrF2N3O3. The van der Waals surface area contributed by atoms with Gasteiger partial charge in [0.05, 0.1) is 11.6 Å². The lowest BCUT2D eigenvalue weighted by molar-refractivity contribution is -0.129. The fourth-order valence-corrected chi connectivity index (χ4v) is 3.44. The summed E-state index contributed by atoms with van der Waals surface area (Å²) in [6.07, 6.45) is 0. The summed E-state index contributed by atoms with van der Waals surface area (Å²) in [6.45, 7) is -0.777. The molecule has 1 aliphatic heterocycles. The third-order valence-electron chi connectivity index (χ3n) is 4.49. The van der Waals surface area contributed by atoms with Gasteiger partial charge in [0.25, 0.3) is 5.91 Å². The molecule has 9 heteroatoms. The summed E-state index contributed by atoms with van der Waals surface area (Å²) in [5, 5.41) is 0. The minimum Gasteiger partial charge on any atom is -0.493 e. The molecule has 0 radical (unpaired) electrons. The van der Waals surface area contributed by atoms with E-state index >= 15 is 0 Å². The van der Waals surface area contributed by atoms with Crippen LogP contribution in [-0.2, 0) is 10.3 Å². The van der Waals surface area contributed by atoms with Crippen LogP contribution >= 0.6 is 15.9 Å². The SMILES string of the molecule is COc1cc(C2(c3ccc(F)c(Br)c3)N=C(N)N(C)C2=O)ccc1OCCF. The lowest BCUT2D eigenvalue weighted by Gasteiger charge is -2.27. The molecule has 0 saturated heterocycles. The Morgan fingerprint density at radius 3 is 2.46 bits per heavy atom. The predicted octanol–water partition coefficient (Wildman–Crippen LogP) is 2.98. The molecule has 1 atom stereocenters. The van der Waals surface area contributed by atoms with E-state index in [9.17, 15) is 13.6 Å². The molecule has 6 nitrogen and oxygen atoms in total. The van der Waals surface area contributed by atoms with Gasteiger partial charge >= 0.3 is 0 Å². The molecule has 0 bridgehead atoms. The van der Waals surface area contributed by atoms with Crippen LogP contribution in [-0.4, -0.2) is 44.2 Å². The molecule has 1 unspecified atom stereocenters. The Balaban J connectivity index is 2.21. The molecule has 1 heterocycles. The fraction of sp³-hybridized carbons (Fsp3) is 0.263. The second kappa shape index (κ2) is 7.75. The highest BCUT2D eigenvalue weighted by atomic mass is 79.9. The molecule has 1 amide bonds. The summed E-state index contributed by atoms with van der Waals surface area (Å²) in [7, 11) is 2.94. The molecule has 0 aromatic heterocycles. The van der Waals surface area contributed by atoms with Crippen molar-refractivity contribution in [1.29, 1.82) is 0 Å². The van der Waals surface area contributed by atoms with Gasteiger partial charge in [-0.1, -0.05) is 12.1 Å². The lowest BCUT2D eigenvalue weighted by Crippen LogP contribution is -2.41. The highest BCUT2D eigenvalue weighted by Crippen LogP contribution is 2.43. The summed E-state index contributed by atoms with van der Waals surface area (Å²) in [6, 6.07) is 8.99. The van der Waals surface area contributed by atoms with Crippen molar-refractivity contribution in [2.24, 2.45) is 10.7 Å². The van der Waals surface area contributed by atoms with Crippen LogP contribution in [0.1, 0.15) is 11.1 Å². The second-order valence-electron chi connectivity index (χ2n) is 6.08. The van der Waals surface area contributed by atoms with E-state index in [-0.39, 0.29) is 17.0 Å². The first kappa shape index (κ1) is 20.1. The predicted molar refractivity (Wildman–Crippen MR) is 104 cm³/mol. The highest BCUT2D eigenvalue weighted by Gasteiger charge is 2.50. The first-order valence-corrected chi connectivity index (χ1v) is 9.10. The van der Waals surface area contributed by atoms with Gasteiger partial charge in [-0.25, -0.2) is 13.8 Å². The summed E-state index contributed by atoms with van der Waals surface area (Å²) in [5.41, 5.74) is 5.29. The first-order valence-electron chi connectivity index (χ1n) is 8.31. The number of likely N-dealkylation sites (N-methyl/N-ethyl adjacent to an activating group) is 1. The van der Waals surface area contributed by atoms with E-state index in [1.165, 1.54) is 37.3 Å². The molecule has 148 valence electrons. The Hall–Kier alpha value is -2.68. The van der Waals surface area contributed by atoms with Crippen LogP contribution in [0.15, 0.2) is 45.9 Å². The molecular weight excluding hydrogens is 436 g/mol. The lowest BCUT2D eigenvalue weighted by atomic mass is 9.82. The fourth-order valence-electron chi connectivity index (χ4n) is 3.07. The van der Waals surface area contributed by atoms with Crippen LogP contribution < -0.4 is 15.2 Å². The molecule has 3 rings (SSSR count). The Morgan fingerprint density at radius 1 is 1.21 bits per heavy atom. The Kier molecular flexibility index (Phi) is 5.55. The standard InChI is InChI=1S/C19H18BrF2N3O3/c1-25-17(26)19(24-18(25)23,11-3-5-14(22)13(20)9-11)12-4-6-15(28-8-7-21)16(10-12)27-2/h3-6,9-10H,7-8H2,1-2H3,(H2,23,24). The molecule has 2 aromatic rings. The number of nitrogens with zero attached hydrogens (tertiary/aromatic N) is 2. The number of methoxy groups -OCH3 is 1. The Morgan fingerprint density at radius 2 is 1.89 bits per heavy atom. The summed E-state index contributed by atoms with van der Waals surface area (Å²) in [4.78, 5) is 18.9. The van der Waals surface area contributed by atoms with Crippen molar-refractivity contribution in [3.05, 3.63) is 57.8 Å². The number of rotatable bonds is 6. The van der Waals surface area contributed by atoms with Crippen molar-refractivity contribution in [2.75, 3.05) is 27.4 Å². The first-order chi connectivity index (χ1) is 13.3. The molecule has 0 fully saturated rings. The molecule has 0 spiro atoms. The summed E-state index contributed by atoms with van der Waals surface area (Å²) >= 11 is 3.15. The zero-order valence-electron chi connectivity index (χ0n) is 15.2. The quantitative estimate of drug-likeness (QED) is 0.729. The number of alkyl halides is 1. The summed E-state index contributed by atoms with van der Waals surface area (Å²) < 4.78 is 37.1. The minimum absolute atomic E-state index is 0.0298. The largest absolute Gasteiger partial charge is 0.493 e. The average Bonchev–Trinajstić information content (AvgIpc) is 2.93. The number of aliphatic imine (C=N–C) groups is 1. The van der Waals surface area contributed by atoms with Crippen LogP contribution in [0.2, 0.25) is 0 Å². The van der Waals surface area contributed by atoms with Crippen molar-refractivity contribution >= 4 is 27.8 Å². The molecule has 2 aromatic carbocycles. The smallest absolute Gasteiger partial charge is 0.266 e. The number of guanidine groups is 1. The van der Waals surface area contributed by atoms with Crippen LogP contribution in [0.5, 0.6) is 11.5 Å². The average molecular weight is 454 g/mol. The van der Waals surface area contributed by atoms with Gasteiger partial charge in [0.1, 0.15) is 19.1 Å². The molecule has 28 heavy (non-hydrogen) atoms. The van der Waals surface area contributed by atoms with Gasteiger partial charge < -0.3 is 15.2 Å². The third kappa shape index (κ3) is 3.19. The van der Waals surface area contributed by atoms with Crippen LogP contribution in [0.3, 0.4) is 0 Å². The van der Waals surface area contributed by atoms with Crippen molar-refractivity contribution in [3.8, 4) is 11.5 Å². The number of ether oxygens (including phenoxy) is 2. The third-order valence-corrected chi connectivity index (χ3v) is 5.10. The van der Waals surface area contributed by atoms with E-state index < -0.39 is 23.9 Å². The number of hydrogen-bond acceptors (Lipinski definition) is 5. The second-order valence-corrected chi connectivity index (χ2v) is 6.93. The van der Waals surface area contributed by atoms with Gasteiger partial charge in [0, 0.05) is 7.05 Å². The number of amides is 1. The number of carbonyl (C=O) groups is 1. The van der Waals surface area contributed by atoms with Crippen LogP contribution in [0, 0.1) is 5.82 Å². The topological polar surface area (TPSA) is 77.2 Å². The minimum atomic E-state index is -1.51. The van der Waals surface area contributed by atoms with E-state index in [1.54, 1.807) is 18.2 Å². The number of hydrogen-bond donors (Lipinski definition) is 1. The van der Waals surface area contributed by atoms with E-state index in [0.717, 1.165) is 0 Å². The molecule has 1 aliphatic rings. The van der Waals surface area contributed by atoms with Crippen molar-refractivity contribution in [1.82, 2.24) is 4.90 Å². The Labute approximate surface area is 169 Å². The van der Waals surface area contributed by atoms with E-state index in [2.05, 4.69) is 20.9 Å². The van der Waals surface area contributed by atoms with Gasteiger partial charge in [-0.3, -0.25) is 9.69 Å². The van der Waals surface area contributed by atoms with Gasteiger partial charge in [0.15, 0.2) is 23.0 Å². The normalized spacial score (nSPS) is 19.0. The highest BCUT2D eigenvalue weighted by molar-refractivity contribution is 9.10. The maximum atomic E-state index is 13.8. The van der Waals surface area contributed by atoms with Crippen LogP contribution in [0.25, 0.3) is 0 Å². The van der Waals surface area contributed by atoms with Gasteiger partial charge in [0.2, 0.25) is 0 Å². The number of carbonyl (C=O) groups excluding carboxylic acids is 1. The summed E-state index contributed by atoms with van der Waals surface area (Å²) in [5.74, 6) is -0.204. The van der Waals surface area contributed by atoms with E-state index in [4.69, 9.17) is 15.2 Å². The number of nitrogens with two attached hydrogens (primary N) is 1. The van der Waals surface area contributed by atoms with Crippen molar-refractivity contribution in [2.45, 2.75) is 5.54 Å². The molecule has 0 saturated carbocycles. The van der Waals surface area contributed by atoms with Gasteiger partial charge in [-0.2, -0.15) is 0 Å².